The molecule has 5 rings (SSSR count). The van der Waals surface area contributed by atoms with Crippen LogP contribution in [0.15, 0.2) is 53.5 Å². The second kappa shape index (κ2) is 8.55. The van der Waals surface area contributed by atoms with Crippen molar-refractivity contribution >= 4 is 28.7 Å². The van der Waals surface area contributed by atoms with E-state index in [2.05, 4.69) is 57.7 Å². The average Bonchev–Trinajstić information content (AvgIpc) is 2.99. The van der Waals surface area contributed by atoms with E-state index < -0.39 is 11.8 Å². The molecule has 1 aliphatic carbocycles. The third-order valence-corrected chi connectivity index (χ3v) is 7.93. The minimum absolute atomic E-state index is 0.00829. The van der Waals surface area contributed by atoms with Crippen molar-refractivity contribution in [1.29, 1.82) is 5.26 Å². The Bertz CT molecular complexity index is 1530. The summed E-state index contributed by atoms with van der Waals surface area (Å²) in [6.45, 7) is 11.8. The van der Waals surface area contributed by atoms with Crippen molar-refractivity contribution in [2.45, 2.75) is 58.3 Å². The summed E-state index contributed by atoms with van der Waals surface area (Å²) in [6.07, 6.45) is 2.12. The van der Waals surface area contributed by atoms with Gasteiger partial charge in [0.2, 0.25) is 0 Å². The van der Waals surface area contributed by atoms with Crippen molar-refractivity contribution in [2.75, 3.05) is 11.4 Å². The third-order valence-electron chi connectivity index (χ3n) is 7.93. The van der Waals surface area contributed by atoms with Crippen molar-refractivity contribution in [3.05, 3.63) is 87.7 Å². The Morgan fingerprint density at radius 1 is 1.03 bits per heavy atom. The maximum atomic E-state index is 14.9. The Labute approximate surface area is 216 Å². The number of nitriles is 1. The minimum Gasteiger partial charge on any atom is -0.478 e. The van der Waals surface area contributed by atoms with Gasteiger partial charge in [-0.3, -0.25) is 0 Å². The van der Waals surface area contributed by atoms with Crippen molar-refractivity contribution in [3.63, 3.8) is 0 Å². The topological polar surface area (TPSA) is 76.7 Å². The first-order chi connectivity index (χ1) is 17.5. The number of halogens is 1. The Morgan fingerprint density at radius 2 is 1.70 bits per heavy atom. The van der Waals surface area contributed by atoms with Crippen LogP contribution >= 0.6 is 0 Å². The molecule has 1 aliphatic heterocycles. The fourth-order valence-electron chi connectivity index (χ4n) is 5.63. The van der Waals surface area contributed by atoms with Crippen LogP contribution in [0, 0.1) is 17.1 Å². The first-order valence-electron chi connectivity index (χ1n) is 12.6. The van der Waals surface area contributed by atoms with Gasteiger partial charge in [0, 0.05) is 17.7 Å². The van der Waals surface area contributed by atoms with Crippen LogP contribution in [0.2, 0.25) is 0 Å². The minimum atomic E-state index is -1.31. The number of hydrogen-bond donors (Lipinski definition) is 1. The summed E-state index contributed by atoms with van der Waals surface area (Å²) in [6, 6.07) is 16.2. The number of carbonyl (C=O) groups is 1. The number of hydrogen-bond acceptors (Lipinski definition) is 4. The fourth-order valence-corrected chi connectivity index (χ4v) is 5.63. The van der Waals surface area contributed by atoms with Gasteiger partial charge in [-0.15, -0.1) is 0 Å². The zero-order chi connectivity index (χ0) is 26.7. The summed E-state index contributed by atoms with van der Waals surface area (Å²) in [4.78, 5) is 18.7. The standard InChI is InChI=1S/C31H30FN3O2/c1-6-35-26-10-7-18(17-33)13-25(26)34-28(19-8-9-20(29(36)37)24(32)14-19)21-15-22-23(16-27(21)35)31(4,5)12-11-30(22,2)3/h7-10,13-16H,6,11-12H2,1-5H3,(H,36,37). The van der Waals surface area contributed by atoms with Crippen LogP contribution in [0.4, 0.5) is 21.5 Å². The van der Waals surface area contributed by atoms with Gasteiger partial charge in [0.05, 0.1) is 40.0 Å². The van der Waals surface area contributed by atoms with E-state index in [1.807, 2.05) is 6.07 Å². The molecule has 2 aliphatic rings. The summed E-state index contributed by atoms with van der Waals surface area (Å²) in [5.41, 5.74) is 6.95. The number of aliphatic imine (C=N–C) groups is 1. The zero-order valence-corrected chi connectivity index (χ0v) is 21.8. The van der Waals surface area contributed by atoms with Gasteiger partial charge < -0.3 is 10.0 Å². The molecular weight excluding hydrogens is 465 g/mol. The smallest absolute Gasteiger partial charge is 0.338 e. The molecule has 188 valence electrons. The maximum Gasteiger partial charge on any atom is 0.338 e. The van der Waals surface area contributed by atoms with E-state index in [9.17, 15) is 19.6 Å². The molecule has 37 heavy (non-hydrogen) atoms. The summed E-state index contributed by atoms with van der Waals surface area (Å²) < 4.78 is 14.9. The number of nitrogens with zero attached hydrogens (tertiary/aromatic N) is 3. The van der Waals surface area contributed by atoms with Crippen molar-refractivity contribution in [1.82, 2.24) is 0 Å². The lowest BCUT2D eigenvalue weighted by Crippen LogP contribution is -2.34. The van der Waals surface area contributed by atoms with E-state index in [4.69, 9.17) is 4.99 Å². The number of fused-ring (bicyclic) bond motifs is 3. The molecule has 0 saturated carbocycles. The van der Waals surface area contributed by atoms with Gasteiger partial charge in [-0.1, -0.05) is 33.8 Å². The zero-order valence-electron chi connectivity index (χ0n) is 21.8. The summed E-state index contributed by atoms with van der Waals surface area (Å²) >= 11 is 0. The van der Waals surface area contributed by atoms with Crippen LogP contribution in [0.5, 0.6) is 0 Å². The molecule has 0 unspecified atom stereocenters. The van der Waals surface area contributed by atoms with Gasteiger partial charge in [0.25, 0.3) is 0 Å². The van der Waals surface area contributed by atoms with Crippen molar-refractivity contribution < 1.29 is 14.3 Å². The molecule has 0 atom stereocenters. The number of carboxylic acid groups (broad SMARTS) is 1. The second-order valence-corrected chi connectivity index (χ2v) is 11.2. The van der Waals surface area contributed by atoms with E-state index >= 15 is 0 Å². The number of aromatic carboxylic acids is 1. The average molecular weight is 496 g/mol. The van der Waals surface area contributed by atoms with Crippen molar-refractivity contribution in [2.24, 2.45) is 4.99 Å². The molecule has 0 radical (unpaired) electrons. The lowest BCUT2D eigenvalue weighted by molar-refractivity contribution is 0.0692. The highest BCUT2D eigenvalue weighted by molar-refractivity contribution is 6.19. The highest BCUT2D eigenvalue weighted by Crippen LogP contribution is 2.50. The van der Waals surface area contributed by atoms with Gasteiger partial charge in [-0.2, -0.15) is 5.26 Å². The van der Waals surface area contributed by atoms with Crippen LogP contribution in [0.3, 0.4) is 0 Å². The fraction of sp³-hybridized carbons (Fsp3) is 0.323. The normalized spacial score (nSPS) is 17.0. The van der Waals surface area contributed by atoms with Gasteiger partial charge in [0.1, 0.15) is 5.82 Å². The van der Waals surface area contributed by atoms with Gasteiger partial charge in [-0.25, -0.2) is 14.2 Å². The van der Waals surface area contributed by atoms with Crippen LogP contribution < -0.4 is 4.90 Å². The van der Waals surface area contributed by atoms with E-state index in [0.717, 1.165) is 29.8 Å². The van der Waals surface area contributed by atoms with E-state index in [0.29, 0.717) is 29.1 Å². The quantitative estimate of drug-likeness (QED) is 0.411. The molecule has 1 heterocycles. The predicted molar refractivity (Wildman–Crippen MR) is 144 cm³/mol. The van der Waals surface area contributed by atoms with Crippen LogP contribution in [-0.4, -0.2) is 23.3 Å². The lowest BCUT2D eigenvalue weighted by Gasteiger charge is -2.43. The number of benzene rings is 3. The molecular formula is C31H30FN3O2. The van der Waals surface area contributed by atoms with Crippen LogP contribution in [0.25, 0.3) is 0 Å². The largest absolute Gasteiger partial charge is 0.478 e. The molecule has 3 aromatic carbocycles. The van der Waals surface area contributed by atoms with Crippen LogP contribution in [0.1, 0.15) is 85.6 Å². The number of rotatable bonds is 3. The second-order valence-electron chi connectivity index (χ2n) is 11.2. The molecule has 0 bridgehead atoms. The van der Waals surface area contributed by atoms with Gasteiger partial charge in [-0.05, 0) is 84.2 Å². The molecule has 3 aromatic rings. The Kier molecular flexibility index (Phi) is 5.71. The van der Waals surface area contributed by atoms with Gasteiger partial charge in [0.15, 0.2) is 0 Å². The molecule has 6 heteroatoms. The molecule has 0 aromatic heterocycles. The highest BCUT2D eigenvalue weighted by atomic mass is 19.1. The highest BCUT2D eigenvalue weighted by Gasteiger charge is 2.39. The SMILES string of the molecule is CCN1c2ccc(C#N)cc2N=C(c2ccc(C(=O)O)c(F)c2)c2cc3c(cc21)C(C)(C)CCC3(C)C. The van der Waals surface area contributed by atoms with E-state index in [1.165, 1.54) is 23.3 Å². The predicted octanol–water partition coefficient (Wildman–Crippen LogP) is 7.39. The Morgan fingerprint density at radius 3 is 2.30 bits per heavy atom. The molecule has 0 fully saturated rings. The number of carboxylic acids is 1. The Hall–Kier alpha value is -3.98. The van der Waals surface area contributed by atoms with Crippen LogP contribution in [-0.2, 0) is 10.8 Å². The maximum absolute atomic E-state index is 14.9. The molecule has 5 nitrogen and oxygen atoms in total. The molecule has 0 saturated heterocycles. The first kappa shape index (κ1) is 24.7. The van der Waals surface area contributed by atoms with Gasteiger partial charge >= 0.3 is 5.97 Å². The third kappa shape index (κ3) is 3.99. The molecule has 0 amide bonds. The monoisotopic (exact) mass is 495 g/mol. The van der Waals surface area contributed by atoms with E-state index in [1.54, 1.807) is 18.2 Å². The van der Waals surface area contributed by atoms with Crippen molar-refractivity contribution in [3.8, 4) is 6.07 Å². The molecule has 0 spiro atoms. The summed E-state index contributed by atoms with van der Waals surface area (Å²) in [5, 5.41) is 18.9. The van der Waals surface area contributed by atoms with E-state index in [-0.39, 0.29) is 16.4 Å². The summed E-state index contributed by atoms with van der Waals surface area (Å²) in [5.74, 6) is -2.12. The number of anilines is 2. The molecule has 1 N–H and O–H groups in total. The Balaban J connectivity index is 1.87. The first-order valence-corrected chi connectivity index (χ1v) is 12.6. The lowest BCUT2D eigenvalue weighted by atomic mass is 9.62. The summed E-state index contributed by atoms with van der Waals surface area (Å²) in [7, 11) is 0.